The monoisotopic (exact) mass is 253 g/mol. The van der Waals surface area contributed by atoms with Crippen LogP contribution in [0.4, 0.5) is 0 Å². The Morgan fingerprint density at radius 3 is 2.94 bits per heavy atom. The van der Waals surface area contributed by atoms with Gasteiger partial charge in [-0.15, -0.1) is 0 Å². The summed E-state index contributed by atoms with van der Waals surface area (Å²) < 4.78 is 2.59. The van der Waals surface area contributed by atoms with E-state index in [9.17, 15) is 0 Å². The Bertz CT molecular complexity index is 571. The number of nitrogens with zero attached hydrogens (tertiary/aromatic N) is 2. The SMILES string of the molecule is CCn1c(-c2cc(Cl)ccc2C)n[nH]c1=S. The van der Waals surface area contributed by atoms with Gasteiger partial charge in [-0.25, -0.2) is 0 Å². The van der Waals surface area contributed by atoms with Gasteiger partial charge in [-0.2, -0.15) is 5.10 Å². The molecule has 0 unspecified atom stereocenters. The molecule has 0 saturated heterocycles. The van der Waals surface area contributed by atoms with E-state index in [0.29, 0.717) is 9.79 Å². The summed E-state index contributed by atoms with van der Waals surface area (Å²) in [6, 6.07) is 5.77. The first-order valence-electron chi connectivity index (χ1n) is 5.05. The summed E-state index contributed by atoms with van der Waals surface area (Å²) in [5.41, 5.74) is 2.15. The summed E-state index contributed by atoms with van der Waals surface area (Å²) in [5.74, 6) is 0.840. The highest BCUT2D eigenvalue weighted by Gasteiger charge is 2.10. The summed E-state index contributed by atoms with van der Waals surface area (Å²) in [7, 11) is 0. The van der Waals surface area contributed by atoms with Gasteiger partial charge in [0.05, 0.1) is 0 Å². The first-order valence-corrected chi connectivity index (χ1v) is 5.84. The van der Waals surface area contributed by atoms with Crippen LogP contribution < -0.4 is 0 Å². The van der Waals surface area contributed by atoms with Gasteiger partial charge in [0.25, 0.3) is 0 Å². The summed E-state index contributed by atoms with van der Waals surface area (Å²) in [6.45, 7) is 4.86. The van der Waals surface area contributed by atoms with Crippen LogP contribution in [0.1, 0.15) is 12.5 Å². The highest BCUT2D eigenvalue weighted by atomic mass is 35.5. The number of nitrogens with one attached hydrogen (secondary N) is 1. The van der Waals surface area contributed by atoms with Gasteiger partial charge in [-0.3, -0.25) is 5.10 Å². The number of hydrogen-bond acceptors (Lipinski definition) is 2. The van der Waals surface area contributed by atoms with Crippen molar-refractivity contribution in [1.29, 1.82) is 0 Å². The normalized spacial score (nSPS) is 10.7. The lowest BCUT2D eigenvalue weighted by Crippen LogP contribution is -1.98. The largest absolute Gasteiger partial charge is 0.300 e. The molecule has 1 heterocycles. The second-order valence-corrected chi connectivity index (χ2v) is 4.38. The Hall–Kier alpha value is -1.13. The topological polar surface area (TPSA) is 33.6 Å². The molecule has 2 rings (SSSR count). The molecule has 0 spiro atoms. The first kappa shape index (κ1) is 11.4. The zero-order valence-corrected chi connectivity index (χ0v) is 10.7. The molecule has 0 amide bonds. The van der Waals surface area contributed by atoms with Crippen LogP contribution in [-0.4, -0.2) is 14.8 Å². The third kappa shape index (κ3) is 1.90. The molecular weight excluding hydrogens is 242 g/mol. The number of benzene rings is 1. The molecular formula is C11H12ClN3S. The Kier molecular flexibility index (Phi) is 3.12. The molecule has 0 saturated carbocycles. The third-order valence-corrected chi connectivity index (χ3v) is 3.06. The fraction of sp³-hybridized carbons (Fsp3) is 0.273. The van der Waals surface area contributed by atoms with Crippen LogP contribution in [-0.2, 0) is 6.54 Å². The minimum absolute atomic E-state index is 0.636. The number of aryl methyl sites for hydroxylation is 1. The molecule has 84 valence electrons. The fourth-order valence-corrected chi connectivity index (χ4v) is 2.09. The quantitative estimate of drug-likeness (QED) is 0.830. The molecule has 1 N–H and O–H groups in total. The first-order chi connectivity index (χ1) is 7.63. The zero-order chi connectivity index (χ0) is 11.7. The summed E-state index contributed by atoms with van der Waals surface area (Å²) in [4.78, 5) is 0. The molecule has 0 bridgehead atoms. The van der Waals surface area contributed by atoms with Crippen molar-refractivity contribution in [2.75, 3.05) is 0 Å². The van der Waals surface area contributed by atoms with Crippen molar-refractivity contribution < 1.29 is 0 Å². The molecule has 0 aliphatic heterocycles. The van der Waals surface area contributed by atoms with Gasteiger partial charge in [0.15, 0.2) is 10.6 Å². The van der Waals surface area contributed by atoms with Crippen LogP contribution in [0.2, 0.25) is 5.02 Å². The average molecular weight is 254 g/mol. The minimum atomic E-state index is 0.636. The number of aromatic amines is 1. The number of halogens is 1. The van der Waals surface area contributed by atoms with Crippen molar-refractivity contribution >= 4 is 23.8 Å². The predicted octanol–water partition coefficient (Wildman–Crippen LogP) is 3.59. The number of rotatable bonds is 2. The Balaban J connectivity index is 2.67. The standard InChI is InChI=1S/C11H12ClN3S/c1-3-15-10(13-14-11(15)16)9-6-8(12)5-4-7(9)2/h4-6H,3H2,1-2H3,(H,14,16). The van der Waals surface area contributed by atoms with E-state index in [2.05, 4.69) is 10.2 Å². The molecule has 0 aliphatic carbocycles. The summed E-state index contributed by atoms with van der Waals surface area (Å²) in [6.07, 6.45) is 0. The lowest BCUT2D eigenvalue weighted by atomic mass is 10.1. The van der Waals surface area contributed by atoms with Gasteiger partial charge in [-0.1, -0.05) is 17.7 Å². The molecule has 0 radical (unpaired) electrons. The van der Waals surface area contributed by atoms with E-state index in [1.54, 1.807) is 0 Å². The number of aromatic nitrogens is 3. The van der Waals surface area contributed by atoms with E-state index in [0.717, 1.165) is 23.5 Å². The molecule has 1 aromatic carbocycles. The lowest BCUT2D eigenvalue weighted by Gasteiger charge is -2.07. The van der Waals surface area contributed by atoms with Crippen molar-refractivity contribution in [2.45, 2.75) is 20.4 Å². The second-order valence-electron chi connectivity index (χ2n) is 3.56. The lowest BCUT2D eigenvalue weighted by molar-refractivity contribution is 0.755. The Morgan fingerprint density at radius 1 is 1.50 bits per heavy atom. The minimum Gasteiger partial charge on any atom is -0.300 e. The summed E-state index contributed by atoms with van der Waals surface area (Å²) in [5, 5.41) is 7.76. The van der Waals surface area contributed by atoms with Crippen molar-refractivity contribution in [1.82, 2.24) is 14.8 Å². The predicted molar refractivity (Wildman–Crippen MR) is 68.3 cm³/mol. The Labute approximate surface area is 104 Å². The van der Waals surface area contributed by atoms with Crippen molar-refractivity contribution in [3.8, 4) is 11.4 Å². The van der Waals surface area contributed by atoms with Gasteiger partial charge in [0.1, 0.15) is 0 Å². The molecule has 1 aromatic heterocycles. The zero-order valence-electron chi connectivity index (χ0n) is 9.12. The number of H-pyrrole nitrogens is 1. The molecule has 5 heteroatoms. The van der Waals surface area contributed by atoms with Crippen LogP contribution in [0.25, 0.3) is 11.4 Å². The van der Waals surface area contributed by atoms with Gasteiger partial charge in [-0.05, 0) is 43.8 Å². The van der Waals surface area contributed by atoms with Crippen LogP contribution in [0.3, 0.4) is 0 Å². The Morgan fingerprint density at radius 2 is 2.25 bits per heavy atom. The van der Waals surface area contributed by atoms with E-state index < -0.39 is 0 Å². The highest BCUT2D eigenvalue weighted by Crippen LogP contribution is 2.25. The van der Waals surface area contributed by atoms with E-state index in [-0.39, 0.29) is 0 Å². The van der Waals surface area contributed by atoms with Crippen molar-refractivity contribution in [2.24, 2.45) is 0 Å². The van der Waals surface area contributed by atoms with E-state index in [1.165, 1.54) is 0 Å². The molecule has 0 fully saturated rings. The van der Waals surface area contributed by atoms with Crippen LogP contribution in [0.5, 0.6) is 0 Å². The fourth-order valence-electron chi connectivity index (χ4n) is 1.65. The van der Waals surface area contributed by atoms with Crippen LogP contribution >= 0.6 is 23.8 Å². The van der Waals surface area contributed by atoms with Crippen LogP contribution in [0.15, 0.2) is 18.2 Å². The maximum Gasteiger partial charge on any atom is 0.195 e. The summed E-state index contributed by atoms with van der Waals surface area (Å²) >= 11 is 11.2. The molecule has 2 aromatic rings. The maximum atomic E-state index is 6.00. The molecule has 0 aliphatic rings. The van der Waals surface area contributed by atoms with Crippen molar-refractivity contribution in [3.05, 3.63) is 33.6 Å². The van der Waals surface area contributed by atoms with Gasteiger partial charge in [0, 0.05) is 17.1 Å². The average Bonchev–Trinajstić information content (AvgIpc) is 2.63. The van der Waals surface area contributed by atoms with Gasteiger partial charge < -0.3 is 4.57 Å². The molecule has 16 heavy (non-hydrogen) atoms. The maximum absolute atomic E-state index is 6.00. The number of hydrogen-bond donors (Lipinski definition) is 1. The van der Waals surface area contributed by atoms with Crippen LogP contribution in [0, 0.1) is 11.7 Å². The van der Waals surface area contributed by atoms with E-state index in [1.807, 2.05) is 36.6 Å². The van der Waals surface area contributed by atoms with E-state index >= 15 is 0 Å². The second kappa shape index (κ2) is 4.39. The van der Waals surface area contributed by atoms with Gasteiger partial charge >= 0.3 is 0 Å². The third-order valence-electron chi connectivity index (χ3n) is 2.52. The molecule has 0 atom stereocenters. The molecule has 3 nitrogen and oxygen atoms in total. The van der Waals surface area contributed by atoms with Crippen molar-refractivity contribution in [3.63, 3.8) is 0 Å². The highest BCUT2D eigenvalue weighted by molar-refractivity contribution is 7.71. The smallest absolute Gasteiger partial charge is 0.195 e. The van der Waals surface area contributed by atoms with E-state index in [4.69, 9.17) is 23.8 Å². The van der Waals surface area contributed by atoms with Gasteiger partial charge in [0.2, 0.25) is 0 Å².